The van der Waals surface area contributed by atoms with E-state index in [1.807, 2.05) is 32.0 Å². The fraction of sp³-hybridized carbons (Fsp3) is 0.476. The average Bonchev–Trinajstić information content (AvgIpc) is 3.14. The molecule has 7 nitrogen and oxygen atoms in total. The number of nitrogens with zero attached hydrogens (tertiary/aromatic N) is 1. The molecule has 0 saturated heterocycles. The molecule has 7 heteroatoms. The highest BCUT2D eigenvalue weighted by atomic mass is 16.4. The Balaban J connectivity index is 1.89. The summed E-state index contributed by atoms with van der Waals surface area (Å²) in [5, 5.41) is 15.2. The first-order chi connectivity index (χ1) is 13.4. The lowest BCUT2D eigenvalue weighted by molar-refractivity contribution is 0.0864. The van der Waals surface area contributed by atoms with E-state index in [0.717, 1.165) is 24.2 Å². The average molecular weight is 385 g/mol. The summed E-state index contributed by atoms with van der Waals surface area (Å²) in [5.74, 6) is -0.418. The van der Waals surface area contributed by atoms with Gasteiger partial charge in [-0.1, -0.05) is 6.07 Å². The molecule has 1 fully saturated rings. The predicted molar refractivity (Wildman–Crippen MR) is 104 cm³/mol. The highest BCUT2D eigenvalue weighted by molar-refractivity contribution is 5.99. The van der Waals surface area contributed by atoms with Gasteiger partial charge in [0.2, 0.25) is 0 Å². The molecule has 150 valence electrons. The van der Waals surface area contributed by atoms with Crippen molar-refractivity contribution in [3.63, 3.8) is 0 Å². The molecule has 0 spiro atoms. The fourth-order valence-corrected chi connectivity index (χ4v) is 3.56. The van der Waals surface area contributed by atoms with E-state index in [1.54, 1.807) is 0 Å². The molecule has 1 saturated carbocycles. The van der Waals surface area contributed by atoms with Crippen LogP contribution in [-0.4, -0.2) is 41.1 Å². The van der Waals surface area contributed by atoms with Crippen LogP contribution in [0.4, 0.5) is 0 Å². The van der Waals surface area contributed by atoms with Crippen molar-refractivity contribution in [1.82, 2.24) is 15.6 Å². The van der Waals surface area contributed by atoms with Crippen LogP contribution in [0.1, 0.15) is 76.6 Å². The van der Waals surface area contributed by atoms with Gasteiger partial charge < -0.3 is 20.2 Å². The quantitative estimate of drug-likeness (QED) is 0.734. The summed E-state index contributed by atoms with van der Waals surface area (Å²) in [6, 6.07) is 7.19. The summed E-state index contributed by atoms with van der Waals surface area (Å²) in [7, 11) is 1.52. The second kappa shape index (κ2) is 8.56. The van der Waals surface area contributed by atoms with Gasteiger partial charge in [0.05, 0.1) is 23.3 Å². The van der Waals surface area contributed by atoms with Crippen molar-refractivity contribution < 1.29 is 19.1 Å². The molecule has 0 aliphatic heterocycles. The number of aryl methyl sites for hydroxylation is 1. The lowest BCUT2D eigenvalue weighted by atomic mass is 9.92. The topological polar surface area (TPSA) is 104 Å². The number of nitrogens with one attached hydrogen (secondary N) is 2. The molecule has 0 radical (unpaired) electrons. The van der Waals surface area contributed by atoms with Crippen molar-refractivity contribution >= 4 is 11.8 Å². The third-order valence-electron chi connectivity index (χ3n) is 5.24. The normalized spacial score (nSPS) is 20.4. The van der Waals surface area contributed by atoms with Crippen LogP contribution in [-0.2, 0) is 0 Å². The Morgan fingerprint density at radius 3 is 2.57 bits per heavy atom. The van der Waals surface area contributed by atoms with Crippen molar-refractivity contribution in [3.8, 4) is 0 Å². The maximum Gasteiger partial charge on any atom is 0.286 e. The van der Waals surface area contributed by atoms with Crippen molar-refractivity contribution in [2.24, 2.45) is 0 Å². The second-order valence-corrected chi connectivity index (χ2v) is 7.37. The van der Waals surface area contributed by atoms with E-state index in [9.17, 15) is 14.7 Å². The maximum atomic E-state index is 13.0. The number of furan rings is 1. The molecule has 2 aromatic heterocycles. The van der Waals surface area contributed by atoms with E-state index in [4.69, 9.17) is 4.42 Å². The van der Waals surface area contributed by atoms with Gasteiger partial charge in [0, 0.05) is 24.8 Å². The zero-order valence-electron chi connectivity index (χ0n) is 16.5. The zero-order chi connectivity index (χ0) is 20.3. The van der Waals surface area contributed by atoms with Gasteiger partial charge in [-0.15, -0.1) is 0 Å². The minimum absolute atomic E-state index is 0.00880. The van der Waals surface area contributed by atoms with Crippen LogP contribution in [0.25, 0.3) is 0 Å². The molecule has 2 heterocycles. The molecule has 2 aromatic rings. The van der Waals surface area contributed by atoms with Gasteiger partial charge in [0.1, 0.15) is 5.76 Å². The summed E-state index contributed by atoms with van der Waals surface area (Å²) in [5.41, 5.74) is 1.99. The van der Waals surface area contributed by atoms with Crippen LogP contribution in [0, 0.1) is 6.92 Å². The molecule has 28 heavy (non-hydrogen) atoms. The number of hydrogen-bond acceptors (Lipinski definition) is 5. The molecule has 3 N–H and O–H groups in total. The van der Waals surface area contributed by atoms with Crippen LogP contribution in [0.2, 0.25) is 0 Å². The third-order valence-corrected chi connectivity index (χ3v) is 5.24. The molecule has 1 atom stereocenters. The molecular weight excluding hydrogens is 358 g/mol. The van der Waals surface area contributed by atoms with Crippen molar-refractivity contribution in [3.05, 3.63) is 52.7 Å². The number of rotatable bonds is 5. The molecule has 0 bridgehead atoms. The second-order valence-electron chi connectivity index (χ2n) is 7.37. The molecule has 1 aliphatic carbocycles. The van der Waals surface area contributed by atoms with E-state index in [1.165, 1.54) is 13.1 Å². The van der Waals surface area contributed by atoms with Crippen molar-refractivity contribution in [2.75, 3.05) is 7.05 Å². The smallest absolute Gasteiger partial charge is 0.286 e. The number of aliphatic hydroxyl groups excluding tert-OH is 1. The Morgan fingerprint density at radius 2 is 1.93 bits per heavy atom. The Bertz CT molecular complexity index is 853. The largest absolute Gasteiger partial charge is 0.454 e. The van der Waals surface area contributed by atoms with Gasteiger partial charge in [-0.05, 0) is 51.7 Å². The third kappa shape index (κ3) is 4.42. The number of carbonyl (C=O) groups excluding carboxylic acids is 2. The lowest BCUT2D eigenvalue weighted by Gasteiger charge is -2.26. The van der Waals surface area contributed by atoms with E-state index >= 15 is 0 Å². The summed E-state index contributed by atoms with van der Waals surface area (Å²) in [6.45, 7) is 3.81. The molecule has 0 aromatic carbocycles. The van der Waals surface area contributed by atoms with Crippen LogP contribution in [0.5, 0.6) is 0 Å². The van der Waals surface area contributed by atoms with Gasteiger partial charge in [-0.3, -0.25) is 14.6 Å². The summed E-state index contributed by atoms with van der Waals surface area (Å²) in [6.07, 6.45) is 2.53. The first kappa shape index (κ1) is 20.1. The van der Waals surface area contributed by atoms with Gasteiger partial charge in [0.25, 0.3) is 11.8 Å². The Hall–Kier alpha value is -2.67. The highest BCUT2D eigenvalue weighted by Gasteiger charge is 2.28. The molecule has 3 rings (SSSR count). The van der Waals surface area contributed by atoms with Crippen LogP contribution in [0.15, 0.2) is 28.7 Å². The Morgan fingerprint density at radius 1 is 1.21 bits per heavy atom. The lowest BCUT2D eigenvalue weighted by Crippen LogP contribution is -2.38. The van der Waals surface area contributed by atoms with E-state index in [2.05, 4.69) is 15.6 Å². The number of amides is 2. The molecule has 0 unspecified atom stereocenters. The van der Waals surface area contributed by atoms with Gasteiger partial charge in [-0.25, -0.2) is 0 Å². The summed E-state index contributed by atoms with van der Waals surface area (Å²) < 4.78 is 5.80. The van der Waals surface area contributed by atoms with E-state index in [-0.39, 0.29) is 35.6 Å². The van der Waals surface area contributed by atoms with E-state index < -0.39 is 0 Å². The first-order valence-electron chi connectivity index (χ1n) is 9.67. The SMILES string of the molecule is CNC(=O)c1cc(C(=O)NC2CCC(O)CC2)c([C@@H](C)c2cccc(C)n2)o1. The van der Waals surface area contributed by atoms with Crippen LogP contribution in [0.3, 0.4) is 0 Å². The highest BCUT2D eigenvalue weighted by Crippen LogP contribution is 2.29. The number of carbonyl (C=O) groups is 2. The maximum absolute atomic E-state index is 13.0. The minimum atomic E-state index is -0.384. The molecule has 1 aliphatic rings. The van der Waals surface area contributed by atoms with Gasteiger partial charge >= 0.3 is 0 Å². The van der Waals surface area contributed by atoms with Crippen LogP contribution >= 0.6 is 0 Å². The Labute approximate surface area is 164 Å². The fourth-order valence-electron chi connectivity index (χ4n) is 3.56. The standard InChI is InChI=1S/C21H27N3O4/c1-12-5-4-6-17(23-12)13(2)19-16(11-18(28-19)21(27)22-3)20(26)24-14-7-9-15(25)10-8-14/h4-6,11,13-15,25H,7-10H2,1-3H3,(H,22,27)(H,24,26)/t13-,14?,15?/m0/s1. The number of hydrogen-bond donors (Lipinski definition) is 3. The number of pyridine rings is 1. The Kier molecular flexibility index (Phi) is 6.14. The zero-order valence-corrected chi connectivity index (χ0v) is 16.5. The van der Waals surface area contributed by atoms with Crippen molar-refractivity contribution in [1.29, 1.82) is 0 Å². The number of aromatic nitrogens is 1. The van der Waals surface area contributed by atoms with Crippen LogP contribution < -0.4 is 10.6 Å². The number of aliphatic hydroxyl groups is 1. The minimum Gasteiger partial charge on any atom is -0.454 e. The van der Waals surface area contributed by atoms with Gasteiger partial charge in [-0.2, -0.15) is 0 Å². The van der Waals surface area contributed by atoms with Gasteiger partial charge in [0.15, 0.2) is 5.76 Å². The molecule has 2 amide bonds. The van der Waals surface area contributed by atoms with Crippen molar-refractivity contribution in [2.45, 2.75) is 57.6 Å². The summed E-state index contributed by atoms with van der Waals surface area (Å²) >= 11 is 0. The predicted octanol–water partition coefficient (Wildman–Crippen LogP) is 2.53. The van der Waals surface area contributed by atoms with E-state index in [0.29, 0.717) is 24.2 Å². The molecular formula is C21H27N3O4. The first-order valence-corrected chi connectivity index (χ1v) is 9.67. The monoisotopic (exact) mass is 385 g/mol. The summed E-state index contributed by atoms with van der Waals surface area (Å²) in [4.78, 5) is 29.5.